The summed E-state index contributed by atoms with van der Waals surface area (Å²) in [4.78, 5) is 28.3. The molecule has 0 amide bonds. The lowest BCUT2D eigenvalue weighted by molar-refractivity contribution is -0.141. The van der Waals surface area contributed by atoms with Crippen LogP contribution >= 0.6 is 0 Å². The molecule has 1 aromatic rings. The summed E-state index contributed by atoms with van der Waals surface area (Å²) in [7, 11) is 4.11. The summed E-state index contributed by atoms with van der Waals surface area (Å²) in [6.07, 6.45) is 2.17. The molecule has 0 aliphatic carbocycles. The van der Waals surface area contributed by atoms with Gasteiger partial charge in [0.05, 0.1) is 5.69 Å². The van der Waals surface area contributed by atoms with Gasteiger partial charge in [0.1, 0.15) is 6.04 Å². The van der Waals surface area contributed by atoms with Gasteiger partial charge in [-0.1, -0.05) is 13.8 Å². The molecule has 0 saturated carbocycles. The van der Waals surface area contributed by atoms with E-state index in [1.165, 1.54) is 4.57 Å². The predicted molar refractivity (Wildman–Crippen MR) is 91.3 cm³/mol. The van der Waals surface area contributed by atoms with Crippen LogP contribution in [0.25, 0.3) is 0 Å². The second-order valence-corrected chi connectivity index (χ2v) is 7.09. The van der Waals surface area contributed by atoms with E-state index in [1.807, 2.05) is 20.8 Å². The maximum Gasteiger partial charge on any atom is 0.326 e. The number of carbonyl (C=O) groups is 1. The zero-order valence-electron chi connectivity index (χ0n) is 14.6. The Morgan fingerprint density at radius 2 is 2.00 bits per heavy atom. The molecule has 0 radical (unpaired) electrons. The number of pyridine rings is 1. The van der Waals surface area contributed by atoms with Crippen molar-refractivity contribution >= 4 is 11.7 Å². The molecule has 1 aliphatic heterocycles. The van der Waals surface area contributed by atoms with Crippen LogP contribution in [0, 0.1) is 12.8 Å². The molecule has 0 bridgehead atoms. The number of rotatable bonds is 6. The van der Waals surface area contributed by atoms with E-state index < -0.39 is 12.0 Å². The number of carboxylic acids is 1. The van der Waals surface area contributed by atoms with Crippen LogP contribution in [0.5, 0.6) is 0 Å². The maximum absolute atomic E-state index is 12.3. The van der Waals surface area contributed by atoms with Crippen LogP contribution in [0.4, 0.5) is 5.69 Å². The molecule has 2 rings (SSSR count). The minimum absolute atomic E-state index is 0.204. The van der Waals surface area contributed by atoms with E-state index in [0.717, 1.165) is 24.3 Å². The van der Waals surface area contributed by atoms with Crippen molar-refractivity contribution in [2.75, 3.05) is 32.1 Å². The molecule has 1 atom stereocenters. The Kier molecular flexibility index (Phi) is 5.14. The van der Waals surface area contributed by atoms with Gasteiger partial charge in [0.25, 0.3) is 5.56 Å². The number of aliphatic carboxylic acids is 1. The fraction of sp³-hybridized carbons (Fsp3) is 0.647. The molecule has 1 unspecified atom stereocenters. The van der Waals surface area contributed by atoms with E-state index >= 15 is 0 Å². The van der Waals surface area contributed by atoms with Gasteiger partial charge < -0.3 is 14.9 Å². The number of anilines is 1. The second kappa shape index (κ2) is 6.74. The highest BCUT2D eigenvalue weighted by atomic mass is 16.4. The predicted octanol–water partition coefficient (Wildman–Crippen LogP) is 1.58. The molecule has 2 heterocycles. The Bertz CT molecular complexity index is 630. The highest BCUT2D eigenvalue weighted by molar-refractivity contribution is 5.72. The lowest BCUT2D eigenvalue weighted by Gasteiger charge is -2.45. The lowest BCUT2D eigenvalue weighted by atomic mass is 10.0. The summed E-state index contributed by atoms with van der Waals surface area (Å²) >= 11 is 0. The number of nitrogens with zero attached hydrogens (tertiary/aromatic N) is 3. The Morgan fingerprint density at radius 1 is 1.39 bits per heavy atom. The zero-order valence-corrected chi connectivity index (χ0v) is 14.6. The molecule has 1 aromatic heterocycles. The standard InChI is InChI=1S/C17H27N3O3/c1-11(2)6-14(17(22)23)20-10-15(12(3)7-16(20)21)19-8-13(9-19)18(4)5/h7,10-11,13-14H,6,8-9H2,1-5H3,(H,22,23). The summed E-state index contributed by atoms with van der Waals surface area (Å²) in [5, 5.41) is 9.50. The van der Waals surface area contributed by atoms with Crippen molar-refractivity contribution in [1.29, 1.82) is 0 Å². The largest absolute Gasteiger partial charge is 0.480 e. The van der Waals surface area contributed by atoms with Crippen molar-refractivity contribution in [2.45, 2.75) is 39.3 Å². The third-order valence-corrected chi connectivity index (χ3v) is 4.51. The first-order valence-electron chi connectivity index (χ1n) is 8.07. The summed E-state index contributed by atoms with van der Waals surface area (Å²) in [6.45, 7) is 7.63. The van der Waals surface area contributed by atoms with Gasteiger partial charge in [-0.3, -0.25) is 9.36 Å². The average Bonchev–Trinajstić information content (AvgIpc) is 2.36. The highest BCUT2D eigenvalue weighted by Gasteiger charge is 2.30. The van der Waals surface area contributed by atoms with Gasteiger partial charge in [-0.15, -0.1) is 0 Å². The van der Waals surface area contributed by atoms with E-state index in [1.54, 1.807) is 12.3 Å². The number of aryl methyl sites for hydroxylation is 1. The summed E-state index contributed by atoms with van der Waals surface area (Å²) in [6, 6.07) is 1.24. The molecule has 23 heavy (non-hydrogen) atoms. The van der Waals surface area contributed by atoms with Gasteiger partial charge >= 0.3 is 5.97 Å². The first-order chi connectivity index (χ1) is 10.7. The third kappa shape index (κ3) is 3.75. The first kappa shape index (κ1) is 17.5. The number of hydrogen-bond donors (Lipinski definition) is 1. The van der Waals surface area contributed by atoms with E-state index in [9.17, 15) is 14.7 Å². The number of carboxylic acid groups (broad SMARTS) is 1. The Labute approximate surface area is 137 Å². The van der Waals surface area contributed by atoms with Crippen LogP contribution in [0.2, 0.25) is 0 Å². The van der Waals surface area contributed by atoms with Crippen molar-refractivity contribution in [3.05, 3.63) is 28.2 Å². The van der Waals surface area contributed by atoms with Crippen molar-refractivity contribution in [1.82, 2.24) is 9.47 Å². The van der Waals surface area contributed by atoms with Crippen LogP contribution in [0.3, 0.4) is 0 Å². The summed E-state index contributed by atoms with van der Waals surface area (Å²) in [5.41, 5.74) is 1.61. The Hall–Kier alpha value is -1.82. The van der Waals surface area contributed by atoms with Gasteiger partial charge in [0, 0.05) is 31.4 Å². The van der Waals surface area contributed by atoms with E-state index in [4.69, 9.17) is 0 Å². The molecule has 0 spiro atoms. The van der Waals surface area contributed by atoms with Gasteiger partial charge in [-0.2, -0.15) is 0 Å². The molecule has 6 heteroatoms. The molecule has 128 valence electrons. The van der Waals surface area contributed by atoms with Gasteiger partial charge in [0.2, 0.25) is 0 Å². The molecule has 0 aromatic carbocycles. The summed E-state index contributed by atoms with van der Waals surface area (Å²) < 4.78 is 1.38. The molecule has 1 N–H and O–H groups in total. The lowest BCUT2D eigenvalue weighted by Crippen LogP contribution is -2.57. The topological polar surface area (TPSA) is 65.8 Å². The summed E-state index contributed by atoms with van der Waals surface area (Å²) in [5.74, 6) is -0.750. The van der Waals surface area contributed by atoms with Gasteiger partial charge in [0.15, 0.2) is 0 Å². The van der Waals surface area contributed by atoms with Crippen LogP contribution in [-0.2, 0) is 4.79 Å². The van der Waals surface area contributed by atoms with E-state index in [-0.39, 0.29) is 11.5 Å². The SMILES string of the molecule is Cc1cc(=O)n(C(CC(C)C)C(=O)O)cc1N1CC(N(C)C)C1. The quantitative estimate of drug-likeness (QED) is 0.862. The van der Waals surface area contributed by atoms with Crippen molar-refractivity contribution in [2.24, 2.45) is 5.92 Å². The molecule has 1 saturated heterocycles. The zero-order chi connectivity index (χ0) is 17.3. The van der Waals surface area contributed by atoms with Crippen LogP contribution in [-0.4, -0.2) is 53.8 Å². The average molecular weight is 321 g/mol. The Balaban J connectivity index is 2.33. The van der Waals surface area contributed by atoms with Crippen molar-refractivity contribution in [3.8, 4) is 0 Å². The smallest absolute Gasteiger partial charge is 0.326 e. The molecule has 1 fully saturated rings. The van der Waals surface area contributed by atoms with Crippen molar-refractivity contribution < 1.29 is 9.90 Å². The molecular formula is C17H27N3O3. The fourth-order valence-electron chi connectivity index (χ4n) is 2.96. The first-order valence-corrected chi connectivity index (χ1v) is 8.07. The number of hydrogen-bond acceptors (Lipinski definition) is 4. The van der Waals surface area contributed by atoms with Crippen LogP contribution in [0.15, 0.2) is 17.1 Å². The van der Waals surface area contributed by atoms with Gasteiger partial charge in [-0.05, 0) is 38.9 Å². The second-order valence-electron chi connectivity index (χ2n) is 7.09. The monoisotopic (exact) mass is 321 g/mol. The van der Waals surface area contributed by atoms with E-state index in [2.05, 4.69) is 23.9 Å². The maximum atomic E-state index is 12.3. The Morgan fingerprint density at radius 3 is 2.48 bits per heavy atom. The van der Waals surface area contributed by atoms with Crippen molar-refractivity contribution in [3.63, 3.8) is 0 Å². The molecular weight excluding hydrogens is 294 g/mol. The van der Waals surface area contributed by atoms with Gasteiger partial charge in [-0.25, -0.2) is 4.79 Å². The minimum Gasteiger partial charge on any atom is -0.480 e. The number of aromatic nitrogens is 1. The number of likely N-dealkylation sites (N-methyl/N-ethyl adjacent to an activating group) is 1. The molecule has 1 aliphatic rings. The minimum atomic E-state index is -0.953. The van der Waals surface area contributed by atoms with Crippen LogP contribution in [0.1, 0.15) is 31.9 Å². The third-order valence-electron chi connectivity index (χ3n) is 4.51. The van der Waals surface area contributed by atoms with E-state index in [0.29, 0.717) is 12.5 Å². The fourth-order valence-corrected chi connectivity index (χ4v) is 2.96. The van der Waals surface area contributed by atoms with Crippen LogP contribution < -0.4 is 10.5 Å². The normalized spacial score (nSPS) is 16.7. The highest BCUT2D eigenvalue weighted by Crippen LogP contribution is 2.27. The molecule has 6 nitrogen and oxygen atoms in total.